The van der Waals surface area contributed by atoms with Gasteiger partial charge in [-0.05, 0) is 52.6 Å². The zero-order valence-corrected chi connectivity index (χ0v) is 16.5. The lowest BCUT2D eigenvalue weighted by molar-refractivity contribution is -0.138. The van der Waals surface area contributed by atoms with Gasteiger partial charge in [0.15, 0.2) is 0 Å². The van der Waals surface area contributed by atoms with E-state index >= 15 is 0 Å². The standard InChI is InChI=1S/C21H18F3NO3S/c1-12(2)15-6-3-13(4-7-15)11-25-19(27)18(29-20(25)28)10-14-5-8-17(26)16(9-14)21(22,23)24/h3-10,12,26H,11H2,1-2H3/b18-10-. The SMILES string of the molecule is CC(C)c1ccc(CN2C(=O)S/C(=C\c3ccc(O)c(C(F)(F)F)c3)C2=O)cc1. The summed E-state index contributed by atoms with van der Waals surface area (Å²) in [5.74, 6) is -1.10. The summed E-state index contributed by atoms with van der Waals surface area (Å²) in [4.78, 5) is 25.9. The average molecular weight is 421 g/mol. The van der Waals surface area contributed by atoms with Crippen molar-refractivity contribution in [2.75, 3.05) is 0 Å². The first-order valence-corrected chi connectivity index (χ1v) is 9.62. The van der Waals surface area contributed by atoms with Gasteiger partial charge in [-0.15, -0.1) is 0 Å². The highest BCUT2D eigenvalue weighted by Crippen LogP contribution is 2.38. The van der Waals surface area contributed by atoms with Crippen LogP contribution in [0.3, 0.4) is 0 Å². The monoisotopic (exact) mass is 421 g/mol. The van der Waals surface area contributed by atoms with Crippen molar-refractivity contribution in [3.8, 4) is 5.75 Å². The van der Waals surface area contributed by atoms with E-state index in [1.807, 2.05) is 24.3 Å². The van der Waals surface area contributed by atoms with Crippen LogP contribution >= 0.6 is 11.8 Å². The predicted molar refractivity (Wildman–Crippen MR) is 105 cm³/mol. The first-order chi connectivity index (χ1) is 13.6. The molecular weight excluding hydrogens is 403 g/mol. The Hall–Kier alpha value is -2.74. The van der Waals surface area contributed by atoms with Crippen LogP contribution in [0.5, 0.6) is 5.75 Å². The molecule has 1 saturated heterocycles. The van der Waals surface area contributed by atoms with Crippen LogP contribution in [0.2, 0.25) is 0 Å². The fraction of sp³-hybridized carbons (Fsp3) is 0.238. The molecule has 1 heterocycles. The number of phenols is 1. The molecular formula is C21H18F3NO3S. The predicted octanol–water partition coefficient (Wildman–Crippen LogP) is 5.77. The number of alkyl halides is 3. The Labute approximate surface area is 170 Å². The molecule has 152 valence electrons. The maximum Gasteiger partial charge on any atom is 0.419 e. The summed E-state index contributed by atoms with van der Waals surface area (Å²) < 4.78 is 38.8. The molecule has 0 atom stereocenters. The van der Waals surface area contributed by atoms with E-state index in [2.05, 4.69) is 13.8 Å². The summed E-state index contributed by atoms with van der Waals surface area (Å²) in [7, 11) is 0. The molecule has 0 unspecified atom stereocenters. The number of halogens is 3. The van der Waals surface area contributed by atoms with E-state index in [-0.39, 0.29) is 17.0 Å². The van der Waals surface area contributed by atoms with Gasteiger partial charge in [-0.3, -0.25) is 14.5 Å². The van der Waals surface area contributed by atoms with Gasteiger partial charge >= 0.3 is 6.18 Å². The molecule has 8 heteroatoms. The van der Waals surface area contributed by atoms with E-state index in [1.165, 1.54) is 12.1 Å². The van der Waals surface area contributed by atoms with Crippen molar-refractivity contribution in [1.29, 1.82) is 0 Å². The van der Waals surface area contributed by atoms with Crippen molar-refractivity contribution in [3.05, 3.63) is 69.6 Å². The Morgan fingerprint density at radius 1 is 1.10 bits per heavy atom. The Kier molecular flexibility index (Phi) is 5.75. The van der Waals surface area contributed by atoms with Gasteiger partial charge < -0.3 is 5.11 Å². The molecule has 2 amide bonds. The second-order valence-electron chi connectivity index (χ2n) is 6.94. The minimum atomic E-state index is -4.73. The van der Waals surface area contributed by atoms with Crippen LogP contribution in [-0.2, 0) is 17.5 Å². The molecule has 1 N–H and O–H groups in total. The quantitative estimate of drug-likeness (QED) is 0.637. The second-order valence-corrected chi connectivity index (χ2v) is 7.93. The maximum atomic E-state index is 12.9. The molecule has 2 aromatic rings. The Bertz CT molecular complexity index is 982. The van der Waals surface area contributed by atoms with Crippen LogP contribution in [-0.4, -0.2) is 21.2 Å². The molecule has 3 rings (SSSR count). The van der Waals surface area contributed by atoms with E-state index in [1.54, 1.807) is 0 Å². The molecule has 0 radical (unpaired) electrons. The zero-order valence-electron chi connectivity index (χ0n) is 15.7. The lowest BCUT2D eigenvalue weighted by Gasteiger charge is -2.13. The van der Waals surface area contributed by atoms with Gasteiger partial charge in [-0.1, -0.05) is 44.2 Å². The van der Waals surface area contributed by atoms with Gasteiger partial charge in [-0.25, -0.2) is 0 Å². The molecule has 4 nitrogen and oxygen atoms in total. The molecule has 0 spiro atoms. The summed E-state index contributed by atoms with van der Waals surface area (Å²) in [6.07, 6.45) is -3.50. The summed E-state index contributed by atoms with van der Waals surface area (Å²) in [6.45, 7) is 4.21. The van der Waals surface area contributed by atoms with Gasteiger partial charge in [0.25, 0.3) is 11.1 Å². The Morgan fingerprint density at radius 2 is 1.76 bits per heavy atom. The van der Waals surface area contributed by atoms with Crippen LogP contribution in [0.4, 0.5) is 18.0 Å². The summed E-state index contributed by atoms with van der Waals surface area (Å²) in [6, 6.07) is 10.5. The van der Waals surface area contributed by atoms with Crippen LogP contribution in [0.25, 0.3) is 6.08 Å². The maximum absolute atomic E-state index is 12.9. The van der Waals surface area contributed by atoms with Crippen molar-refractivity contribution >= 4 is 29.0 Å². The molecule has 1 fully saturated rings. The first kappa shape index (κ1) is 21.0. The van der Waals surface area contributed by atoms with Gasteiger partial charge in [0.2, 0.25) is 0 Å². The highest BCUT2D eigenvalue weighted by Gasteiger charge is 2.36. The number of thioether (sulfide) groups is 1. The van der Waals surface area contributed by atoms with Gasteiger partial charge in [0.1, 0.15) is 5.75 Å². The van der Waals surface area contributed by atoms with Gasteiger partial charge in [0.05, 0.1) is 17.0 Å². The van der Waals surface area contributed by atoms with E-state index < -0.39 is 28.6 Å². The second kappa shape index (κ2) is 7.94. The fourth-order valence-electron chi connectivity index (χ4n) is 2.85. The normalized spacial score (nSPS) is 16.3. The van der Waals surface area contributed by atoms with Crippen LogP contribution in [0.1, 0.15) is 42.0 Å². The van der Waals surface area contributed by atoms with Gasteiger partial charge in [-0.2, -0.15) is 13.2 Å². The van der Waals surface area contributed by atoms with Crippen molar-refractivity contribution in [3.63, 3.8) is 0 Å². The zero-order chi connectivity index (χ0) is 21.3. The van der Waals surface area contributed by atoms with Crippen molar-refractivity contribution in [2.45, 2.75) is 32.5 Å². The number of aromatic hydroxyl groups is 1. The number of hydrogen-bond acceptors (Lipinski definition) is 4. The number of carbonyl (C=O) groups is 2. The van der Waals surface area contributed by atoms with E-state index in [9.17, 15) is 27.9 Å². The van der Waals surface area contributed by atoms with Crippen LogP contribution in [0, 0.1) is 0 Å². The lowest BCUT2D eigenvalue weighted by Crippen LogP contribution is -2.27. The smallest absolute Gasteiger partial charge is 0.419 e. The number of carbonyl (C=O) groups excluding carboxylic acids is 2. The number of phenolic OH excluding ortho intramolecular Hbond substituents is 1. The third kappa shape index (κ3) is 4.64. The molecule has 2 aromatic carbocycles. The molecule has 0 aromatic heterocycles. The molecule has 29 heavy (non-hydrogen) atoms. The third-order valence-electron chi connectivity index (χ3n) is 4.48. The Morgan fingerprint density at radius 3 is 2.34 bits per heavy atom. The number of benzene rings is 2. The minimum Gasteiger partial charge on any atom is -0.507 e. The van der Waals surface area contributed by atoms with E-state index in [4.69, 9.17) is 0 Å². The minimum absolute atomic E-state index is 0.0348. The molecule has 1 aliphatic rings. The van der Waals surface area contributed by atoms with E-state index in [0.717, 1.165) is 28.2 Å². The fourth-order valence-corrected chi connectivity index (χ4v) is 3.69. The average Bonchev–Trinajstić information content (AvgIpc) is 2.90. The number of hydrogen-bond donors (Lipinski definition) is 1. The number of amides is 2. The third-order valence-corrected chi connectivity index (χ3v) is 5.39. The van der Waals surface area contributed by atoms with Crippen LogP contribution in [0.15, 0.2) is 47.4 Å². The van der Waals surface area contributed by atoms with Crippen molar-refractivity contribution in [2.24, 2.45) is 0 Å². The van der Waals surface area contributed by atoms with E-state index in [0.29, 0.717) is 17.7 Å². The van der Waals surface area contributed by atoms with Crippen molar-refractivity contribution in [1.82, 2.24) is 4.90 Å². The molecule has 1 aliphatic heterocycles. The molecule has 0 aliphatic carbocycles. The summed E-state index contributed by atoms with van der Waals surface area (Å²) in [5.41, 5.74) is 0.787. The van der Waals surface area contributed by atoms with Gasteiger partial charge in [0, 0.05) is 0 Å². The Balaban J connectivity index is 1.81. The van der Waals surface area contributed by atoms with Crippen molar-refractivity contribution < 1.29 is 27.9 Å². The number of nitrogens with zero attached hydrogens (tertiary/aromatic N) is 1. The largest absolute Gasteiger partial charge is 0.507 e. The highest BCUT2D eigenvalue weighted by atomic mass is 32.2. The topological polar surface area (TPSA) is 57.6 Å². The number of rotatable bonds is 4. The number of imide groups is 1. The van der Waals surface area contributed by atoms with Crippen LogP contribution < -0.4 is 0 Å². The molecule has 0 bridgehead atoms. The lowest BCUT2D eigenvalue weighted by atomic mass is 10.0. The molecule has 0 saturated carbocycles. The summed E-state index contributed by atoms with van der Waals surface area (Å²) >= 11 is 0.676. The highest BCUT2D eigenvalue weighted by molar-refractivity contribution is 8.18. The first-order valence-electron chi connectivity index (χ1n) is 8.80. The summed E-state index contributed by atoms with van der Waals surface area (Å²) in [5, 5.41) is 8.93.